The number of carbonyl (C=O) groups excluding carboxylic acids is 2. The van der Waals surface area contributed by atoms with Crippen molar-refractivity contribution in [2.24, 2.45) is 5.92 Å². The van der Waals surface area contributed by atoms with Crippen LogP contribution in [0.4, 0.5) is 0 Å². The summed E-state index contributed by atoms with van der Waals surface area (Å²) in [5, 5.41) is 9.48. The predicted molar refractivity (Wildman–Crippen MR) is 84.1 cm³/mol. The van der Waals surface area contributed by atoms with Crippen LogP contribution in [0, 0.1) is 5.92 Å². The van der Waals surface area contributed by atoms with Gasteiger partial charge in [-0.2, -0.15) is 0 Å². The van der Waals surface area contributed by atoms with E-state index < -0.39 is 30.8 Å². The number of carbonyl (C=O) groups is 2. The van der Waals surface area contributed by atoms with Crippen molar-refractivity contribution in [3.8, 4) is 0 Å². The SMILES string of the molecule is C=C(C)C(=O)OC(C(C)C)C(CO)OC(=O)C(C)=C=C(C)C. The molecular formula is C17H26O5. The van der Waals surface area contributed by atoms with Gasteiger partial charge in [0, 0.05) is 5.57 Å². The average Bonchev–Trinajstić information content (AvgIpc) is 2.40. The zero-order valence-corrected chi connectivity index (χ0v) is 14.2. The van der Waals surface area contributed by atoms with Gasteiger partial charge in [0.25, 0.3) is 0 Å². The number of rotatable bonds is 7. The molecule has 0 radical (unpaired) electrons. The summed E-state index contributed by atoms with van der Waals surface area (Å²) in [4.78, 5) is 23.7. The van der Waals surface area contributed by atoms with Crippen LogP contribution in [0.15, 0.2) is 29.0 Å². The molecule has 2 atom stereocenters. The lowest BCUT2D eigenvalue weighted by Gasteiger charge is -2.28. The Kier molecular flexibility index (Phi) is 8.46. The molecule has 0 aromatic rings. The van der Waals surface area contributed by atoms with Crippen LogP contribution in [0.25, 0.3) is 0 Å². The van der Waals surface area contributed by atoms with Crippen LogP contribution >= 0.6 is 0 Å². The van der Waals surface area contributed by atoms with Gasteiger partial charge in [-0.15, -0.1) is 5.73 Å². The third kappa shape index (κ3) is 6.74. The van der Waals surface area contributed by atoms with Crippen LogP contribution < -0.4 is 0 Å². The molecule has 2 unspecified atom stereocenters. The maximum Gasteiger partial charge on any atom is 0.342 e. The minimum absolute atomic E-state index is 0.138. The standard InChI is InChI=1S/C17H26O5/c1-10(2)8-13(7)17(20)21-14(9-18)15(11(3)4)22-16(19)12(5)6/h11,14-15,18H,5,9H2,1-4,6-7H3. The van der Waals surface area contributed by atoms with E-state index in [1.54, 1.807) is 6.92 Å². The minimum atomic E-state index is -0.940. The van der Waals surface area contributed by atoms with Crippen molar-refractivity contribution in [1.29, 1.82) is 0 Å². The second-order valence-electron chi connectivity index (χ2n) is 5.77. The summed E-state index contributed by atoms with van der Waals surface area (Å²) in [5.41, 5.74) is 4.23. The van der Waals surface area contributed by atoms with Gasteiger partial charge in [-0.25, -0.2) is 9.59 Å². The van der Waals surface area contributed by atoms with Gasteiger partial charge in [0.2, 0.25) is 0 Å². The molecule has 0 aliphatic carbocycles. The van der Waals surface area contributed by atoms with Gasteiger partial charge in [-0.05, 0) is 39.2 Å². The van der Waals surface area contributed by atoms with Gasteiger partial charge >= 0.3 is 11.9 Å². The van der Waals surface area contributed by atoms with Crippen molar-refractivity contribution in [1.82, 2.24) is 0 Å². The third-order valence-corrected chi connectivity index (χ3v) is 2.80. The molecule has 1 N–H and O–H groups in total. The molecule has 0 spiro atoms. The van der Waals surface area contributed by atoms with E-state index in [0.717, 1.165) is 5.57 Å². The fraction of sp³-hybridized carbons (Fsp3) is 0.588. The largest absolute Gasteiger partial charge is 0.455 e. The van der Waals surface area contributed by atoms with Crippen molar-refractivity contribution < 1.29 is 24.2 Å². The quantitative estimate of drug-likeness (QED) is 0.444. The van der Waals surface area contributed by atoms with Crippen molar-refractivity contribution >= 4 is 11.9 Å². The Morgan fingerprint density at radius 3 is 2.00 bits per heavy atom. The molecule has 0 aliphatic rings. The number of aliphatic hydroxyl groups excluding tert-OH is 1. The number of esters is 2. The molecule has 0 amide bonds. The molecule has 0 saturated heterocycles. The molecule has 22 heavy (non-hydrogen) atoms. The van der Waals surface area contributed by atoms with Crippen LogP contribution in [0.1, 0.15) is 41.5 Å². The molecule has 0 heterocycles. The predicted octanol–water partition coefficient (Wildman–Crippen LogP) is 2.55. The monoisotopic (exact) mass is 310 g/mol. The third-order valence-electron chi connectivity index (χ3n) is 2.80. The van der Waals surface area contributed by atoms with Gasteiger partial charge in [0.05, 0.1) is 12.2 Å². The first-order valence-electron chi connectivity index (χ1n) is 7.19. The van der Waals surface area contributed by atoms with E-state index in [-0.39, 0.29) is 11.5 Å². The number of ether oxygens (including phenoxy) is 2. The molecule has 0 saturated carbocycles. The van der Waals surface area contributed by atoms with Crippen LogP contribution in [0.2, 0.25) is 0 Å². The van der Waals surface area contributed by atoms with Gasteiger partial charge in [0.15, 0.2) is 6.10 Å². The zero-order chi connectivity index (χ0) is 17.4. The van der Waals surface area contributed by atoms with Crippen LogP contribution in [-0.2, 0) is 19.1 Å². The molecule has 0 rings (SSSR count). The molecule has 124 valence electrons. The number of hydrogen-bond donors (Lipinski definition) is 1. The Labute approximate surface area is 132 Å². The lowest BCUT2D eigenvalue weighted by atomic mass is 10.0. The first-order chi connectivity index (χ1) is 10.1. The van der Waals surface area contributed by atoms with E-state index in [4.69, 9.17) is 9.47 Å². The highest BCUT2D eigenvalue weighted by molar-refractivity contribution is 5.88. The van der Waals surface area contributed by atoms with E-state index >= 15 is 0 Å². The molecule has 0 aromatic heterocycles. The van der Waals surface area contributed by atoms with Crippen molar-refractivity contribution in [3.05, 3.63) is 29.0 Å². The van der Waals surface area contributed by atoms with Crippen LogP contribution in [0.5, 0.6) is 0 Å². The Morgan fingerprint density at radius 2 is 1.64 bits per heavy atom. The van der Waals surface area contributed by atoms with E-state index in [0.29, 0.717) is 5.57 Å². The van der Waals surface area contributed by atoms with E-state index in [2.05, 4.69) is 12.3 Å². The summed E-state index contributed by atoms with van der Waals surface area (Å²) in [5.74, 6) is -1.32. The summed E-state index contributed by atoms with van der Waals surface area (Å²) in [7, 11) is 0. The Hall–Kier alpha value is -1.84. The first-order valence-corrected chi connectivity index (χ1v) is 7.19. The fourth-order valence-corrected chi connectivity index (χ4v) is 1.73. The second-order valence-corrected chi connectivity index (χ2v) is 5.77. The highest BCUT2D eigenvalue weighted by Crippen LogP contribution is 2.17. The van der Waals surface area contributed by atoms with Gasteiger partial charge in [0.1, 0.15) is 6.10 Å². The smallest absolute Gasteiger partial charge is 0.342 e. The summed E-state index contributed by atoms with van der Waals surface area (Å²) in [6, 6.07) is 0. The summed E-state index contributed by atoms with van der Waals surface area (Å²) < 4.78 is 10.5. The lowest BCUT2D eigenvalue weighted by molar-refractivity contribution is -0.169. The summed E-state index contributed by atoms with van der Waals surface area (Å²) in [6.07, 6.45) is -1.69. The Bertz CT molecular complexity index is 491. The Balaban J connectivity index is 5.18. The van der Waals surface area contributed by atoms with Crippen molar-refractivity contribution in [2.45, 2.75) is 53.8 Å². The van der Waals surface area contributed by atoms with E-state index in [1.165, 1.54) is 6.92 Å². The van der Waals surface area contributed by atoms with Crippen LogP contribution in [-0.4, -0.2) is 35.9 Å². The number of hydrogen-bond acceptors (Lipinski definition) is 5. The second kappa shape index (κ2) is 9.23. The normalized spacial score (nSPS) is 12.9. The summed E-state index contributed by atoms with van der Waals surface area (Å²) >= 11 is 0. The van der Waals surface area contributed by atoms with Crippen LogP contribution in [0.3, 0.4) is 0 Å². The average molecular weight is 310 g/mol. The fourth-order valence-electron chi connectivity index (χ4n) is 1.73. The van der Waals surface area contributed by atoms with Crippen molar-refractivity contribution in [3.63, 3.8) is 0 Å². The molecule has 0 bridgehead atoms. The number of aliphatic hydroxyl groups is 1. The first kappa shape index (κ1) is 20.2. The van der Waals surface area contributed by atoms with Gasteiger partial charge in [-0.1, -0.05) is 20.4 Å². The molecule has 0 fully saturated rings. The zero-order valence-electron chi connectivity index (χ0n) is 14.2. The Morgan fingerprint density at radius 1 is 1.09 bits per heavy atom. The lowest BCUT2D eigenvalue weighted by Crippen LogP contribution is -2.41. The molecule has 0 aromatic carbocycles. The maximum atomic E-state index is 12.0. The van der Waals surface area contributed by atoms with E-state index in [9.17, 15) is 14.7 Å². The highest BCUT2D eigenvalue weighted by Gasteiger charge is 2.31. The van der Waals surface area contributed by atoms with Gasteiger partial charge in [-0.3, -0.25) is 0 Å². The molecule has 5 nitrogen and oxygen atoms in total. The highest BCUT2D eigenvalue weighted by atomic mass is 16.6. The molecule has 0 aliphatic heterocycles. The molecular weight excluding hydrogens is 284 g/mol. The topological polar surface area (TPSA) is 72.8 Å². The molecule has 5 heteroatoms. The van der Waals surface area contributed by atoms with Gasteiger partial charge < -0.3 is 14.6 Å². The maximum absolute atomic E-state index is 12.0. The van der Waals surface area contributed by atoms with E-state index in [1.807, 2.05) is 27.7 Å². The minimum Gasteiger partial charge on any atom is -0.455 e. The van der Waals surface area contributed by atoms with Crippen molar-refractivity contribution in [2.75, 3.05) is 6.61 Å². The summed E-state index contributed by atoms with van der Waals surface area (Å²) in [6.45, 7) is 13.4.